The first-order valence-electron chi connectivity index (χ1n) is 3.82. The van der Waals surface area contributed by atoms with E-state index in [9.17, 15) is 13.2 Å². The van der Waals surface area contributed by atoms with Crippen molar-refractivity contribution < 1.29 is 13.2 Å². The summed E-state index contributed by atoms with van der Waals surface area (Å²) in [6, 6.07) is 0. The van der Waals surface area contributed by atoms with E-state index in [0.717, 1.165) is 0 Å². The molecular formula is C7H15F3N2. The first kappa shape index (κ1) is 11.7. The molecule has 0 aliphatic heterocycles. The second kappa shape index (κ2) is 4.09. The van der Waals surface area contributed by atoms with Crippen molar-refractivity contribution in [1.82, 2.24) is 0 Å². The van der Waals surface area contributed by atoms with Crippen LogP contribution in [0.3, 0.4) is 0 Å². The molecule has 0 bridgehead atoms. The summed E-state index contributed by atoms with van der Waals surface area (Å²) in [6.45, 7) is 1.87. The normalized spacial score (nSPS) is 17.5. The molecule has 0 fully saturated rings. The summed E-state index contributed by atoms with van der Waals surface area (Å²) in [5.41, 5.74) is 10.1. The zero-order valence-electron chi connectivity index (χ0n) is 7.12. The van der Waals surface area contributed by atoms with Gasteiger partial charge >= 0.3 is 6.18 Å². The summed E-state index contributed by atoms with van der Waals surface area (Å²) in [4.78, 5) is 0. The van der Waals surface area contributed by atoms with Gasteiger partial charge in [-0.25, -0.2) is 0 Å². The highest BCUT2D eigenvalue weighted by Gasteiger charge is 2.27. The van der Waals surface area contributed by atoms with E-state index < -0.39 is 18.1 Å². The summed E-state index contributed by atoms with van der Waals surface area (Å²) >= 11 is 0. The lowest BCUT2D eigenvalue weighted by molar-refractivity contribution is -0.136. The van der Waals surface area contributed by atoms with Gasteiger partial charge in [-0.05, 0) is 19.8 Å². The monoisotopic (exact) mass is 184 g/mol. The third-order valence-electron chi connectivity index (χ3n) is 1.67. The van der Waals surface area contributed by atoms with Gasteiger partial charge in [0.05, 0.1) is 0 Å². The first-order chi connectivity index (χ1) is 5.27. The Labute approximate surface area is 70.1 Å². The maximum atomic E-state index is 11.7. The molecule has 1 atom stereocenters. The highest BCUT2D eigenvalue weighted by Crippen LogP contribution is 2.23. The van der Waals surface area contributed by atoms with Gasteiger partial charge in [0.1, 0.15) is 0 Å². The zero-order valence-corrected chi connectivity index (χ0v) is 7.12. The van der Waals surface area contributed by atoms with Crippen LogP contribution in [-0.2, 0) is 0 Å². The van der Waals surface area contributed by atoms with Gasteiger partial charge in [-0.2, -0.15) is 13.2 Å². The molecule has 0 spiro atoms. The van der Waals surface area contributed by atoms with E-state index >= 15 is 0 Å². The minimum atomic E-state index is -4.08. The van der Waals surface area contributed by atoms with E-state index in [0.29, 0.717) is 6.42 Å². The van der Waals surface area contributed by atoms with Crippen LogP contribution in [0.25, 0.3) is 0 Å². The maximum Gasteiger partial charge on any atom is 0.389 e. The minimum absolute atomic E-state index is 0.0493. The summed E-state index contributed by atoms with van der Waals surface area (Å²) in [7, 11) is 0. The Hall–Kier alpha value is -0.290. The standard InChI is InChI=1S/C7H15F3N2/c1-6(12,5-11)3-2-4-7(8,9)10/h2-5,11-12H2,1H3. The SMILES string of the molecule is CC(N)(CN)CCCC(F)(F)F. The fourth-order valence-corrected chi connectivity index (χ4v) is 0.795. The molecular weight excluding hydrogens is 169 g/mol. The zero-order chi connectivity index (χ0) is 9.83. The van der Waals surface area contributed by atoms with Crippen LogP contribution in [0, 0.1) is 0 Å². The van der Waals surface area contributed by atoms with Gasteiger partial charge in [-0.1, -0.05) is 0 Å². The van der Waals surface area contributed by atoms with Crippen LogP contribution in [0.2, 0.25) is 0 Å². The van der Waals surface area contributed by atoms with Gasteiger partial charge in [0, 0.05) is 18.5 Å². The van der Waals surface area contributed by atoms with Crippen LogP contribution in [0.5, 0.6) is 0 Å². The van der Waals surface area contributed by atoms with E-state index in [1.54, 1.807) is 6.92 Å². The topological polar surface area (TPSA) is 52.0 Å². The number of alkyl halides is 3. The van der Waals surface area contributed by atoms with Crippen molar-refractivity contribution in [3.05, 3.63) is 0 Å². The molecule has 0 aliphatic carbocycles. The average Bonchev–Trinajstić information content (AvgIpc) is 1.84. The van der Waals surface area contributed by atoms with Crippen molar-refractivity contribution in [2.75, 3.05) is 6.54 Å². The Morgan fingerprint density at radius 2 is 1.67 bits per heavy atom. The smallest absolute Gasteiger partial charge is 0.329 e. The van der Waals surface area contributed by atoms with E-state index in [2.05, 4.69) is 0 Å². The highest BCUT2D eigenvalue weighted by atomic mass is 19.4. The Morgan fingerprint density at radius 3 is 2.00 bits per heavy atom. The van der Waals surface area contributed by atoms with Gasteiger partial charge in [-0.15, -0.1) is 0 Å². The predicted molar refractivity (Wildman–Crippen MR) is 41.6 cm³/mol. The van der Waals surface area contributed by atoms with Crippen LogP contribution in [0.15, 0.2) is 0 Å². The predicted octanol–water partition coefficient (Wildman–Crippen LogP) is 1.40. The second-order valence-corrected chi connectivity index (χ2v) is 3.33. The highest BCUT2D eigenvalue weighted by molar-refractivity contribution is 4.79. The van der Waals surface area contributed by atoms with Crippen LogP contribution in [0.4, 0.5) is 13.2 Å². The molecule has 5 heteroatoms. The van der Waals surface area contributed by atoms with Crippen LogP contribution < -0.4 is 11.5 Å². The molecule has 2 nitrogen and oxygen atoms in total. The molecule has 0 heterocycles. The average molecular weight is 184 g/mol. The lowest BCUT2D eigenvalue weighted by Gasteiger charge is -2.22. The quantitative estimate of drug-likeness (QED) is 0.693. The van der Waals surface area contributed by atoms with Crippen molar-refractivity contribution in [2.24, 2.45) is 11.5 Å². The molecule has 0 rings (SSSR count). The number of hydrogen-bond donors (Lipinski definition) is 2. The molecule has 1 unspecified atom stereocenters. The Balaban J connectivity index is 3.57. The van der Waals surface area contributed by atoms with Crippen LogP contribution >= 0.6 is 0 Å². The third-order valence-corrected chi connectivity index (χ3v) is 1.67. The third kappa shape index (κ3) is 6.42. The summed E-state index contributed by atoms with van der Waals surface area (Å²) in [5, 5.41) is 0. The minimum Gasteiger partial charge on any atom is -0.329 e. The van der Waals surface area contributed by atoms with Gasteiger partial charge in [0.25, 0.3) is 0 Å². The van der Waals surface area contributed by atoms with Crippen molar-refractivity contribution in [1.29, 1.82) is 0 Å². The lowest BCUT2D eigenvalue weighted by Crippen LogP contribution is -2.43. The number of nitrogens with two attached hydrogens (primary N) is 2. The molecule has 0 saturated carbocycles. The summed E-state index contributed by atoms with van der Waals surface area (Å²) in [5.74, 6) is 0. The number of halogens is 3. The Morgan fingerprint density at radius 1 is 1.17 bits per heavy atom. The molecule has 0 amide bonds. The summed E-state index contributed by atoms with van der Waals surface area (Å²) in [6.07, 6.45) is -4.50. The molecule has 4 N–H and O–H groups in total. The van der Waals surface area contributed by atoms with Gasteiger partial charge in [-0.3, -0.25) is 0 Å². The maximum absolute atomic E-state index is 11.7. The number of rotatable bonds is 4. The van der Waals surface area contributed by atoms with Crippen molar-refractivity contribution >= 4 is 0 Å². The van der Waals surface area contributed by atoms with E-state index in [1.807, 2.05) is 0 Å². The first-order valence-corrected chi connectivity index (χ1v) is 3.82. The Bertz CT molecular complexity index is 131. The fourth-order valence-electron chi connectivity index (χ4n) is 0.795. The van der Waals surface area contributed by atoms with Gasteiger partial charge in [0.2, 0.25) is 0 Å². The van der Waals surface area contributed by atoms with Gasteiger partial charge in [0.15, 0.2) is 0 Å². The van der Waals surface area contributed by atoms with Crippen molar-refractivity contribution in [3.63, 3.8) is 0 Å². The molecule has 12 heavy (non-hydrogen) atoms. The summed E-state index contributed by atoms with van der Waals surface area (Å²) < 4.78 is 35.0. The van der Waals surface area contributed by atoms with E-state index in [-0.39, 0.29) is 13.0 Å². The molecule has 0 aromatic heterocycles. The molecule has 0 saturated heterocycles. The molecule has 0 aliphatic rings. The molecule has 74 valence electrons. The molecule has 0 aromatic rings. The second-order valence-electron chi connectivity index (χ2n) is 3.33. The van der Waals surface area contributed by atoms with Crippen molar-refractivity contribution in [2.45, 2.75) is 37.9 Å². The lowest BCUT2D eigenvalue weighted by atomic mass is 9.96. The number of hydrogen-bond acceptors (Lipinski definition) is 2. The van der Waals surface area contributed by atoms with Crippen LogP contribution in [-0.4, -0.2) is 18.3 Å². The largest absolute Gasteiger partial charge is 0.389 e. The van der Waals surface area contributed by atoms with Crippen molar-refractivity contribution in [3.8, 4) is 0 Å². The fraction of sp³-hybridized carbons (Fsp3) is 1.00. The molecule has 0 aromatic carbocycles. The van der Waals surface area contributed by atoms with E-state index in [1.165, 1.54) is 0 Å². The van der Waals surface area contributed by atoms with E-state index in [4.69, 9.17) is 11.5 Å². The molecule has 0 radical (unpaired) electrons. The Kier molecular flexibility index (Phi) is 3.99. The van der Waals surface area contributed by atoms with Crippen LogP contribution in [0.1, 0.15) is 26.2 Å². The van der Waals surface area contributed by atoms with Gasteiger partial charge < -0.3 is 11.5 Å².